The summed E-state index contributed by atoms with van der Waals surface area (Å²) in [6, 6.07) is 16.5. The largest absolute Gasteiger partial charge is 0.457 e. The Morgan fingerprint density at radius 3 is 2.60 bits per heavy atom. The maximum absolute atomic E-state index is 12.6. The Balaban J connectivity index is 1.57. The lowest BCUT2D eigenvalue weighted by molar-refractivity contribution is -0.384. The Morgan fingerprint density at radius 2 is 1.87 bits per heavy atom. The summed E-state index contributed by atoms with van der Waals surface area (Å²) in [6.07, 6.45) is 1.45. The first-order valence-corrected chi connectivity index (χ1v) is 9.16. The van der Waals surface area contributed by atoms with Crippen LogP contribution >= 0.6 is 0 Å². The second-order valence-electron chi connectivity index (χ2n) is 6.82. The van der Waals surface area contributed by atoms with Crippen molar-refractivity contribution in [3.8, 4) is 11.3 Å². The van der Waals surface area contributed by atoms with Crippen molar-refractivity contribution in [1.29, 1.82) is 0 Å². The van der Waals surface area contributed by atoms with Gasteiger partial charge in [0.25, 0.3) is 11.6 Å². The maximum atomic E-state index is 12.6. The molecule has 0 aliphatic carbocycles. The van der Waals surface area contributed by atoms with E-state index in [1.54, 1.807) is 18.2 Å². The highest BCUT2D eigenvalue weighted by Crippen LogP contribution is 2.30. The molecule has 0 bridgehead atoms. The quantitative estimate of drug-likeness (QED) is 0.297. The van der Waals surface area contributed by atoms with Crippen LogP contribution in [0.5, 0.6) is 0 Å². The number of nitrogens with one attached hydrogen (secondary N) is 1. The van der Waals surface area contributed by atoms with Gasteiger partial charge in [-0.15, -0.1) is 0 Å². The molecule has 4 rings (SSSR count). The van der Waals surface area contributed by atoms with Gasteiger partial charge in [0.2, 0.25) is 0 Å². The van der Waals surface area contributed by atoms with Crippen LogP contribution in [0.4, 0.5) is 10.5 Å². The average Bonchev–Trinajstić information content (AvgIpc) is 3.29. The molecule has 150 valence electrons. The minimum absolute atomic E-state index is 0.0401. The second kappa shape index (κ2) is 7.67. The van der Waals surface area contributed by atoms with Crippen LogP contribution in [0.25, 0.3) is 17.4 Å². The lowest BCUT2D eigenvalue weighted by Gasteiger charge is -2.11. The number of benzene rings is 2. The molecule has 1 aromatic heterocycles. The van der Waals surface area contributed by atoms with E-state index in [9.17, 15) is 19.7 Å². The van der Waals surface area contributed by atoms with Crippen molar-refractivity contribution >= 4 is 23.7 Å². The van der Waals surface area contributed by atoms with Gasteiger partial charge in [0.15, 0.2) is 0 Å². The summed E-state index contributed by atoms with van der Waals surface area (Å²) in [5, 5.41) is 13.6. The molecule has 1 aliphatic heterocycles. The molecule has 1 saturated heterocycles. The molecule has 2 heterocycles. The van der Waals surface area contributed by atoms with Crippen LogP contribution in [0.15, 0.2) is 70.8 Å². The molecule has 8 nitrogen and oxygen atoms in total. The fourth-order valence-electron chi connectivity index (χ4n) is 3.19. The standard InChI is InChI=1S/C22H17N3O5/c1-14-7-8-16(25(28)29)11-18(14)20-10-9-17(30-20)12-19-21(26)24(22(27)23-19)13-15-5-3-2-4-6-15/h2-12H,13H2,1H3,(H,23,27)/b19-12+. The third-order valence-electron chi connectivity index (χ3n) is 4.76. The molecule has 1 fully saturated rings. The molecular weight excluding hydrogens is 386 g/mol. The number of rotatable bonds is 5. The van der Waals surface area contributed by atoms with E-state index in [1.165, 1.54) is 18.2 Å². The van der Waals surface area contributed by atoms with Crippen LogP contribution in [0.3, 0.4) is 0 Å². The first-order valence-electron chi connectivity index (χ1n) is 9.16. The number of nitro benzene ring substituents is 1. The second-order valence-corrected chi connectivity index (χ2v) is 6.82. The first kappa shape index (κ1) is 19.1. The van der Waals surface area contributed by atoms with E-state index in [2.05, 4.69) is 5.32 Å². The molecule has 30 heavy (non-hydrogen) atoms. The number of nitrogens with zero attached hydrogens (tertiary/aromatic N) is 2. The molecule has 0 saturated carbocycles. The minimum Gasteiger partial charge on any atom is -0.457 e. The predicted octanol–water partition coefficient (Wildman–Crippen LogP) is 4.26. The zero-order valence-corrected chi connectivity index (χ0v) is 16.0. The van der Waals surface area contributed by atoms with Gasteiger partial charge in [0.1, 0.15) is 17.2 Å². The van der Waals surface area contributed by atoms with E-state index in [0.717, 1.165) is 16.0 Å². The molecule has 0 atom stereocenters. The minimum atomic E-state index is -0.503. The van der Waals surface area contributed by atoms with Crippen molar-refractivity contribution < 1.29 is 18.9 Å². The van der Waals surface area contributed by atoms with E-state index in [1.807, 2.05) is 37.3 Å². The number of hydrogen-bond acceptors (Lipinski definition) is 5. The van der Waals surface area contributed by atoms with Gasteiger partial charge in [0.05, 0.1) is 11.5 Å². The van der Waals surface area contributed by atoms with Crippen molar-refractivity contribution in [3.05, 3.63) is 93.4 Å². The van der Waals surface area contributed by atoms with Gasteiger partial charge in [-0.1, -0.05) is 36.4 Å². The normalized spacial score (nSPS) is 15.0. The van der Waals surface area contributed by atoms with Crippen molar-refractivity contribution in [1.82, 2.24) is 10.2 Å². The Kier molecular flexibility index (Phi) is 4.89. The summed E-state index contributed by atoms with van der Waals surface area (Å²) < 4.78 is 5.76. The van der Waals surface area contributed by atoms with E-state index < -0.39 is 16.9 Å². The highest BCUT2D eigenvalue weighted by Gasteiger charge is 2.33. The van der Waals surface area contributed by atoms with Crippen molar-refractivity contribution in [2.45, 2.75) is 13.5 Å². The third-order valence-corrected chi connectivity index (χ3v) is 4.76. The Hall–Kier alpha value is -4.20. The fourth-order valence-corrected chi connectivity index (χ4v) is 3.19. The molecule has 1 N–H and O–H groups in total. The summed E-state index contributed by atoms with van der Waals surface area (Å²) in [7, 11) is 0. The van der Waals surface area contributed by atoms with Gasteiger partial charge < -0.3 is 9.73 Å². The van der Waals surface area contributed by atoms with Crippen molar-refractivity contribution in [2.24, 2.45) is 0 Å². The van der Waals surface area contributed by atoms with Crippen LogP contribution in [0, 0.1) is 17.0 Å². The number of urea groups is 1. The summed E-state index contributed by atoms with van der Waals surface area (Å²) in [6.45, 7) is 1.99. The Labute approximate surface area is 171 Å². The van der Waals surface area contributed by atoms with E-state index in [4.69, 9.17) is 4.42 Å². The van der Waals surface area contributed by atoms with Gasteiger partial charge in [-0.3, -0.25) is 19.8 Å². The highest BCUT2D eigenvalue weighted by atomic mass is 16.6. The summed E-state index contributed by atoms with van der Waals surface area (Å²) in [5.74, 6) is 0.329. The number of hydrogen-bond donors (Lipinski definition) is 1. The number of furan rings is 1. The van der Waals surface area contributed by atoms with Crippen LogP contribution in [-0.4, -0.2) is 21.8 Å². The number of aryl methyl sites for hydroxylation is 1. The topological polar surface area (TPSA) is 106 Å². The molecule has 3 amide bonds. The molecule has 2 aromatic carbocycles. The van der Waals surface area contributed by atoms with Gasteiger partial charge in [-0.05, 0) is 30.2 Å². The number of amides is 3. The first-order chi connectivity index (χ1) is 14.4. The smallest absolute Gasteiger partial charge is 0.329 e. The molecular formula is C22H17N3O5. The molecule has 0 radical (unpaired) electrons. The number of non-ortho nitro benzene ring substituents is 1. The number of nitro groups is 1. The van der Waals surface area contributed by atoms with Crippen LogP contribution < -0.4 is 5.32 Å². The molecule has 0 unspecified atom stereocenters. The molecule has 1 aliphatic rings. The molecule has 3 aromatic rings. The number of carbonyl (C=O) groups excluding carboxylic acids is 2. The number of imide groups is 1. The van der Waals surface area contributed by atoms with Crippen LogP contribution in [-0.2, 0) is 11.3 Å². The summed E-state index contributed by atoms with van der Waals surface area (Å²) in [4.78, 5) is 36.5. The van der Waals surface area contributed by atoms with E-state index in [-0.39, 0.29) is 17.9 Å². The highest BCUT2D eigenvalue weighted by molar-refractivity contribution is 6.13. The Bertz CT molecular complexity index is 1180. The maximum Gasteiger partial charge on any atom is 0.329 e. The van der Waals surface area contributed by atoms with Gasteiger partial charge in [0, 0.05) is 23.8 Å². The van der Waals surface area contributed by atoms with Crippen LogP contribution in [0.1, 0.15) is 16.9 Å². The zero-order valence-electron chi connectivity index (χ0n) is 16.0. The zero-order chi connectivity index (χ0) is 21.3. The number of carbonyl (C=O) groups is 2. The summed E-state index contributed by atoms with van der Waals surface area (Å²) in [5.41, 5.74) is 2.30. The molecule has 0 spiro atoms. The van der Waals surface area contributed by atoms with Crippen molar-refractivity contribution in [2.75, 3.05) is 0 Å². The fraction of sp³-hybridized carbons (Fsp3) is 0.0909. The Morgan fingerprint density at radius 1 is 1.10 bits per heavy atom. The van der Waals surface area contributed by atoms with Crippen LogP contribution in [0.2, 0.25) is 0 Å². The van der Waals surface area contributed by atoms with E-state index in [0.29, 0.717) is 17.1 Å². The summed E-state index contributed by atoms with van der Waals surface area (Å²) >= 11 is 0. The SMILES string of the molecule is Cc1ccc([N+](=O)[O-])cc1-c1ccc(/C=C2/NC(=O)N(Cc3ccccc3)C2=O)o1. The molecule has 8 heteroatoms. The lowest BCUT2D eigenvalue weighted by Crippen LogP contribution is -2.30. The predicted molar refractivity (Wildman–Crippen MR) is 109 cm³/mol. The van der Waals surface area contributed by atoms with Gasteiger partial charge in [-0.2, -0.15) is 0 Å². The third kappa shape index (κ3) is 3.70. The van der Waals surface area contributed by atoms with E-state index >= 15 is 0 Å². The monoisotopic (exact) mass is 403 g/mol. The lowest BCUT2D eigenvalue weighted by atomic mass is 10.1. The van der Waals surface area contributed by atoms with Gasteiger partial charge in [-0.25, -0.2) is 4.79 Å². The van der Waals surface area contributed by atoms with Gasteiger partial charge >= 0.3 is 6.03 Å². The van der Waals surface area contributed by atoms with Crippen molar-refractivity contribution in [3.63, 3.8) is 0 Å². The average molecular weight is 403 g/mol.